The van der Waals surface area contributed by atoms with Crippen molar-refractivity contribution in [1.29, 1.82) is 0 Å². The first-order valence-corrected chi connectivity index (χ1v) is 9.90. The second-order valence-corrected chi connectivity index (χ2v) is 8.83. The van der Waals surface area contributed by atoms with Gasteiger partial charge in [0.15, 0.2) is 0 Å². The zero-order valence-electron chi connectivity index (χ0n) is 15.0. The fourth-order valence-corrected chi connectivity index (χ4v) is 4.17. The minimum Gasteiger partial charge on any atom is -0.341 e. The first-order chi connectivity index (χ1) is 11.2. The molecule has 0 radical (unpaired) electrons. The number of nitrogens with zero attached hydrogens (tertiary/aromatic N) is 2. The number of carbonyl (C=O) groups excluding carboxylic acids is 1. The molecule has 1 aromatic carbocycles. The molecule has 0 aliphatic carbocycles. The van der Waals surface area contributed by atoms with Crippen LogP contribution in [0, 0.1) is 0 Å². The molecule has 0 aromatic heterocycles. The van der Waals surface area contributed by atoms with Gasteiger partial charge in [-0.3, -0.25) is 4.79 Å². The Morgan fingerprint density at radius 3 is 2.28 bits per heavy atom. The average molecular weight is 390 g/mol. The Morgan fingerprint density at radius 2 is 1.80 bits per heavy atom. The van der Waals surface area contributed by atoms with Crippen molar-refractivity contribution in [2.45, 2.75) is 38.3 Å². The summed E-state index contributed by atoms with van der Waals surface area (Å²) < 4.78 is 25.4. The van der Waals surface area contributed by atoms with Gasteiger partial charge in [-0.25, -0.2) is 12.7 Å². The number of nitrogens with two attached hydrogens (primary N) is 1. The van der Waals surface area contributed by atoms with Crippen molar-refractivity contribution in [3.8, 4) is 0 Å². The molecule has 1 unspecified atom stereocenters. The van der Waals surface area contributed by atoms with Gasteiger partial charge < -0.3 is 10.6 Å². The van der Waals surface area contributed by atoms with E-state index in [9.17, 15) is 13.2 Å². The van der Waals surface area contributed by atoms with Crippen molar-refractivity contribution < 1.29 is 13.2 Å². The lowest BCUT2D eigenvalue weighted by Crippen LogP contribution is -2.55. The second-order valence-electron chi connectivity index (χ2n) is 6.51. The molecule has 0 bridgehead atoms. The van der Waals surface area contributed by atoms with Gasteiger partial charge in [0.1, 0.15) is 5.54 Å². The molecule has 0 spiro atoms. The van der Waals surface area contributed by atoms with Crippen molar-refractivity contribution in [2.24, 2.45) is 5.73 Å². The van der Waals surface area contributed by atoms with Gasteiger partial charge in [-0.05, 0) is 32.3 Å². The van der Waals surface area contributed by atoms with Crippen LogP contribution in [0.4, 0.5) is 0 Å². The van der Waals surface area contributed by atoms with E-state index in [1.54, 1.807) is 25.8 Å². The first kappa shape index (κ1) is 21.9. The van der Waals surface area contributed by atoms with Crippen molar-refractivity contribution in [3.63, 3.8) is 0 Å². The van der Waals surface area contributed by atoms with Gasteiger partial charge in [0.05, 0.1) is 5.75 Å². The summed E-state index contributed by atoms with van der Waals surface area (Å²) in [5, 5.41) is 0. The largest absolute Gasteiger partial charge is 0.341 e. The van der Waals surface area contributed by atoms with E-state index < -0.39 is 15.6 Å². The summed E-state index contributed by atoms with van der Waals surface area (Å²) in [5.74, 6) is -0.0227. The summed E-state index contributed by atoms with van der Waals surface area (Å²) in [4.78, 5) is 14.6. The molecule has 1 fully saturated rings. The number of hydrogen-bond acceptors (Lipinski definition) is 4. The third-order valence-corrected chi connectivity index (χ3v) is 6.79. The highest BCUT2D eigenvalue weighted by atomic mass is 35.5. The van der Waals surface area contributed by atoms with Gasteiger partial charge in [0, 0.05) is 26.2 Å². The fourth-order valence-electron chi connectivity index (χ4n) is 3.10. The highest BCUT2D eigenvalue weighted by Crippen LogP contribution is 2.24. The predicted molar refractivity (Wildman–Crippen MR) is 102 cm³/mol. The molecule has 1 amide bonds. The van der Waals surface area contributed by atoms with E-state index in [0.717, 1.165) is 5.56 Å². The molecule has 1 heterocycles. The summed E-state index contributed by atoms with van der Waals surface area (Å²) in [6.07, 6.45) is 1.26. The van der Waals surface area contributed by atoms with Crippen LogP contribution in [0.3, 0.4) is 0 Å². The number of likely N-dealkylation sites (tertiary alicyclic amines) is 1. The normalized spacial score (nSPS) is 18.5. The van der Waals surface area contributed by atoms with Crippen molar-refractivity contribution in [3.05, 3.63) is 35.9 Å². The third-order valence-electron chi connectivity index (χ3n) is 4.89. The van der Waals surface area contributed by atoms with Crippen LogP contribution in [0.15, 0.2) is 30.3 Å². The molecule has 1 saturated heterocycles. The summed E-state index contributed by atoms with van der Waals surface area (Å²) in [7, 11) is -1.58. The second kappa shape index (κ2) is 8.49. The van der Waals surface area contributed by atoms with Crippen LogP contribution in [0.1, 0.15) is 32.3 Å². The van der Waals surface area contributed by atoms with E-state index in [-0.39, 0.29) is 30.1 Å². The topological polar surface area (TPSA) is 83.7 Å². The molecule has 1 aliphatic rings. The van der Waals surface area contributed by atoms with Gasteiger partial charge in [0.2, 0.25) is 15.9 Å². The lowest BCUT2D eigenvalue weighted by atomic mass is 9.90. The number of amides is 1. The maximum atomic E-state index is 12.8. The highest BCUT2D eigenvalue weighted by Gasteiger charge is 2.37. The van der Waals surface area contributed by atoms with Gasteiger partial charge in [-0.15, -0.1) is 12.4 Å². The molecule has 6 nitrogen and oxygen atoms in total. The molecular formula is C17H28ClN3O3S. The zero-order valence-corrected chi connectivity index (χ0v) is 16.6. The van der Waals surface area contributed by atoms with Gasteiger partial charge in [-0.1, -0.05) is 30.3 Å². The van der Waals surface area contributed by atoms with Gasteiger partial charge in [-0.2, -0.15) is 0 Å². The van der Waals surface area contributed by atoms with Crippen LogP contribution in [0.2, 0.25) is 0 Å². The van der Waals surface area contributed by atoms with Crippen molar-refractivity contribution in [2.75, 3.05) is 25.9 Å². The molecular weight excluding hydrogens is 362 g/mol. The fraction of sp³-hybridized carbons (Fsp3) is 0.588. The first-order valence-electron chi connectivity index (χ1n) is 8.29. The summed E-state index contributed by atoms with van der Waals surface area (Å²) >= 11 is 0. The summed E-state index contributed by atoms with van der Waals surface area (Å²) in [6, 6.07) is 9.27. The summed E-state index contributed by atoms with van der Waals surface area (Å²) in [5.41, 5.74) is 6.01. The van der Waals surface area contributed by atoms with E-state index in [1.165, 1.54) is 4.31 Å². The zero-order chi connectivity index (χ0) is 18.0. The number of sulfonamides is 1. The number of piperidine rings is 1. The molecule has 2 N–H and O–H groups in total. The maximum absolute atomic E-state index is 12.8. The average Bonchev–Trinajstić information content (AvgIpc) is 2.61. The minimum atomic E-state index is -3.20. The van der Waals surface area contributed by atoms with Crippen LogP contribution in [0.25, 0.3) is 0 Å². The van der Waals surface area contributed by atoms with Gasteiger partial charge >= 0.3 is 0 Å². The molecule has 25 heavy (non-hydrogen) atoms. The molecule has 1 atom stereocenters. The van der Waals surface area contributed by atoms with Crippen LogP contribution < -0.4 is 5.73 Å². The molecule has 142 valence electrons. The van der Waals surface area contributed by atoms with Crippen molar-refractivity contribution >= 4 is 28.3 Å². The molecule has 8 heteroatoms. The number of hydrogen-bond donors (Lipinski definition) is 1. The van der Waals surface area contributed by atoms with Crippen LogP contribution in [-0.2, 0) is 20.4 Å². The Morgan fingerprint density at radius 1 is 1.28 bits per heavy atom. The smallest absolute Gasteiger partial charge is 0.246 e. The summed E-state index contributed by atoms with van der Waals surface area (Å²) in [6.45, 7) is 4.41. The maximum Gasteiger partial charge on any atom is 0.246 e. The number of carbonyl (C=O) groups is 1. The number of halogens is 1. The molecule has 1 aliphatic heterocycles. The van der Waals surface area contributed by atoms with Crippen LogP contribution in [-0.4, -0.2) is 55.5 Å². The third kappa shape index (κ3) is 4.73. The van der Waals surface area contributed by atoms with Gasteiger partial charge in [0.25, 0.3) is 0 Å². The lowest BCUT2D eigenvalue weighted by molar-refractivity contribution is -0.138. The Bertz CT molecular complexity index is 672. The van der Waals surface area contributed by atoms with E-state index in [4.69, 9.17) is 5.73 Å². The van der Waals surface area contributed by atoms with Crippen LogP contribution >= 0.6 is 12.4 Å². The van der Waals surface area contributed by atoms with E-state index in [2.05, 4.69) is 0 Å². The Balaban J connectivity index is 0.00000312. The Labute approximate surface area is 156 Å². The molecule has 1 aromatic rings. The monoisotopic (exact) mass is 389 g/mol. The number of benzene rings is 1. The van der Waals surface area contributed by atoms with E-state index in [1.807, 2.05) is 30.3 Å². The Kier molecular flexibility index (Phi) is 7.43. The number of rotatable bonds is 5. The van der Waals surface area contributed by atoms with Crippen LogP contribution in [0.5, 0.6) is 0 Å². The van der Waals surface area contributed by atoms with E-state index >= 15 is 0 Å². The standard InChI is InChI=1S/C17H27N3O3S.ClH/c1-4-24(22,23)19(3)15-10-12-20(13-11-15)16(21)17(2,18)14-8-6-5-7-9-14;/h5-9,15H,4,10-13,18H2,1-3H3;1H. The predicted octanol–water partition coefficient (Wildman–Crippen LogP) is 1.55. The molecule has 0 saturated carbocycles. The lowest BCUT2D eigenvalue weighted by Gasteiger charge is -2.39. The highest BCUT2D eigenvalue weighted by molar-refractivity contribution is 7.89. The van der Waals surface area contributed by atoms with Crippen molar-refractivity contribution in [1.82, 2.24) is 9.21 Å². The SMILES string of the molecule is CCS(=O)(=O)N(C)C1CCN(C(=O)C(C)(N)c2ccccc2)CC1.Cl. The minimum absolute atomic E-state index is 0. The van der Waals surface area contributed by atoms with E-state index in [0.29, 0.717) is 25.9 Å². The molecule has 2 rings (SSSR count). The Hall–Kier alpha value is -1.15. The quantitative estimate of drug-likeness (QED) is 0.828.